The summed E-state index contributed by atoms with van der Waals surface area (Å²) >= 11 is 0. The van der Waals surface area contributed by atoms with Crippen LogP contribution in [0.4, 0.5) is 0 Å². The van der Waals surface area contributed by atoms with E-state index in [1.807, 2.05) is 6.08 Å². The number of aliphatic carboxylic acids is 1. The summed E-state index contributed by atoms with van der Waals surface area (Å²) in [5.74, 6) is -1.18. The molecule has 70 valence electrons. The van der Waals surface area contributed by atoms with Crippen molar-refractivity contribution >= 4 is 5.97 Å². The van der Waals surface area contributed by atoms with Crippen LogP contribution >= 0.6 is 0 Å². The van der Waals surface area contributed by atoms with Crippen molar-refractivity contribution in [3.05, 3.63) is 23.8 Å². The van der Waals surface area contributed by atoms with E-state index in [2.05, 4.69) is 6.92 Å². The fourth-order valence-corrected chi connectivity index (χ4v) is 0.739. The minimum absolute atomic E-state index is 0.229. The number of nitrogens with zero attached hydrogens (tertiary/aromatic N) is 1. The van der Waals surface area contributed by atoms with Crippen molar-refractivity contribution in [1.29, 1.82) is 5.26 Å². The summed E-state index contributed by atoms with van der Waals surface area (Å²) in [6.45, 7) is 2.08. The summed E-state index contributed by atoms with van der Waals surface area (Å²) in [5.41, 5.74) is -0.229. The lowest BCUT2D eigenvalue weighted by atomic mass is 10.2. The summed E-state index contributed by atoms with van der Waals surface area (Å²) in [7, 11) is 0. The van der Waals surface area contributed by atoms with Crippen molar-refractivity contribution in [3.8, 4) is 6.07 Å². The largest absolute Gasteiger partial charge is 0.477 e. The molecule has 0 aromatic carbocycles. The number of nitriles is 1. The van der Waals surface area contributed by atoms with Gasteiger partial charge in [0.25, 0.3) is 0 Å². The molecule has 0 radical (unpaired) electrons. The van der Waals surface area contributed by atoms with Crippen molar-refractivity contribution in [2.75, 3.05) is 0 Å². The van der Waals surface area contributed by atoms with Gasteiger partial charge in [0.1, 0.15) is 11.6 Å². The number of unbranched alkanes of at least 4 members (excludes halogenated alkanes) is 2. The first-order valence-corrected chi connectivity index (χ1v) is 4.22. The Labute approximate surface area is 78.0 Å². The standard InChI is InChI=1S/C10H13NO2/c1-2-3-4-5-6-7-9(8-11)10(12)13/h5-7H,2-4H2,1H3,(H,12,13)/b6-5+,9-7+. The maximum absolute atomic E-state index is 10.3. The Hall–Kier alpha value is -1.56. The first kappa shape index (κ1) is 11.4. The average Bonchev–Trinajstić information content (AvgIpc) is 2.10. The fraction of sp³-hybridized carbons (Fsp3) is 0.400. The maximum atomic E-state index is 10.3. The van der Waals surface area contributed by atoms with Crippen LogP contribution in [0, 0.1) is 11.3 Å². The van der Waals surface area contributed by atoms with Gasteiger partial charge >= 0.3 is 5.97 Å². The summed E-state index contributed by atoms with van der Waals surface area (Å²) in [6.07, 6.45) is 7.91. The van der Waals surface area contributed by atoms with E-state index >= 15 is 0 Å². The highest BCUT2D eigenvalue weighted by molar-refractivity contribution is 5.91. The Balaban J connectivity index is 4.01. The van der Waals surface area contributed by atoms with Gasteiger partial charge in [-0.05, 0) is 12.5 Å². The van der Waals surface area contributed by atoms with E-state index in [0.29, 0.717) is 0 Å². The van der Waals surface area contributed by atoms with E-state index in [4.69, 9.17) is 10.4 Å². The predicted octanol–water partition coefficient (Wildman–Crippen LogP) is 2.27. The molecule has 1 N–H and O–H groups in total. The number of allylic oxidation sites excluding steroid dienone is 3. The van der Waals surface area contributed by atoms with E-state index < -0.39 is 5.97 Å². The molecule has 0 saturated heterocycles. The fourth-order valence-electron chi connectivity index (χ4n) is 0.739. The molecule has 0 fully saturated rings. The van der Waals surface area contributed by atoms with Crippen molar-refractivity contribution in [3.63, 3.8) is 0 Å². The zero-order valence-corrected chi connectivity index (χ0v) is 7.66. The van der Waals surface area contributed by atoms with Crippen molar-refractivity contribution in [2.24, 2.45) is 0 Å². The van der Waals surface area contributed by atoms with Crippen LogP contribution in [0.5, 0.6) is 0 Å². The smallest absolute Gasteiger partial charge is 0.346 e. The van der Waals surface area contributed by atoms with Crippen LogP contribution in [-0.4, -0.2) is 11.1 Å². The molecular weight excluding hydrogens is 166 g/mol. The van der Waals surface area contributed by atoms with Crippen LogP contribution in [0.1, 0.15) is 26.2 Å². The molecule has 0 rings (SSSR count). The highest BCUT2D eigenvalue weighted by atomic mass is 16.4. The SMILES string of the molecule is CCCC/C=C/C=C(\C#N)C(=O)O. The normalized spacial score (nSPS) is 11.5. The number of rotatable bonds is 5. The van der Waals surface area contributed by atoms with E-state index in [9.17, 15) is 4.79 Å². The van der Waals surface area contributed by atoms with Gasteiger partial charge in [-0.15, -0.1) is 0 Å². The zero-order valence-electron chi connectivity index (χ0n) is 7.66. The second-order valence-electron chi connectivity index (χ2n) is 2.57. The lowest BCUT2D eigenvalue weighted by Crippen LogP contribution is -1.96. The predicted molar refractivity (Wildman–Crippen MR) is 50.0 cm³/mol. The molecule has 13 heavy (non-hydrogen) atoms. The van der Waals surface area contributed by atoms with E-state index in [-0.39, 0.29) is 5.57 Å². The van der Waals surface area contributed by atoms with Gasteiger partial charge in [0.2, 0.25) is 0 Å². The van der Waals surface area contributed by atoms with Gasteiger partial charge in [-0.1, -0.05) is 31.9 Å². The Bertz CT molecular complexity index is 259. The third-order valence-corrected chi connectivity index (χ3v) is 1.47. The monoisotopic (exact) mass is 179 g/mol. The molecule has 0 unspecified atom stereocenters. The van der Waals surface area contributed by atoms with Gasteiger partial charge in [-0.25, -0.2) is 4.79 Å². The first-order chi connectivity index (χ1) is 6.22. The van der Waals surface area contributed by atoms with Crippen molar-refractivity contribution in [1.82, 2.24) is 0 Å². The second kappa shape index (κ2) is 7.11. The number of carbonyl (C=O) groups is 1. The van der Waals surface area contributed by atoms with Crippen LogP contribution < -0.4 is 0 Å². The topological polar surface area (TPSA) is 61.1 Å². The second-order valence-corrected chi connectivity index (χ2v) is 2.57. The van der Waals surface area contributed by atoms with Crippen LogP contribution in [0.15, 0.2) is 23.8 Å². The molecule has 3 heteroatoms. The Morgan fingerprint density at radius 1 is 1.62 bits per heavy atom. The average molecular weight is 179 g/mol. The van der Waals surface area contributed by atoms with Gasteiger partial charge in [0.15, 0.2) is 0 Å². The van der Waals surface area contributed by atoms with Gasteiger partial charge in [-0.2, -0.15) is 5.26 Å². The molecule has 0 aromatic heterocycles. The van der Waals surface area contributed by atoms with Crippen LogP contribution in [0.25, 0.3) is 0 Å². The zero-order chi connectivity index (χ0) is 10.1. The highest BCUT2D eigenvalue weighted by Crippen LogP contribution is 1.97. The molecule has 3 nitrogen and oxygen atoms in total. The van der Waals surface area contributed by atoms with Gasteiger partial charge in [0.05, 0.1) is 0 Å². The van der Waals surface area contributed by atoms with Crippen molar-refractivity contribution in [2.45, 2.75) is 26.2 Å². The third kappa shape index (κ3) is 5.68. The van der Waals surface area contributed by atoms with Crippen LogP contribution in [0.2, 0.25) is 0 Å². The summed E-state index contributed by atoms with van der Waals surface area (Å²) < 4.78 is 0. The van der Waals surface area contributed by atoms with Gasteiger partial charge in [-0.3, -0.25) is 0 Å². The Morgan fingerprint density at radius 3 is 2.77 bits per heavy atom. The van der Waals surface area contributed by atoms with Gasteiger partial charge in [0, 0.05) is 0 Å². The summed E-state index contributed by atoms with van der Waals surface area (Å²) in [5, 5.41) is 16.8. The van der Waals surface area contributed by atoms with E-state index in [1.165, 1.54) is 6.08 Å². The Kier molecular flexibility index (Phi) is 6.26. The van der Waals surface area contributed by atoms with Gasteiger partial charge < -0.3 is 5.11 Å². The lowest BCUT2D eigenvalue weighted by molar-refractivity contribution is -0.132. The van der Waals surface area contributed by atoms with Crippen molar-refractivity contribution < 1.29 is 9.90 Å². The lowest BCUT2D eigenvalue weighted by Gasteiger charge is -1.87. The molecule has 0 bridgehead atoms. The number of hydrogen-bond donors (Lipinski definition) is 1. The molecule has 0 saturated carbocycles. The van der Waals surface area contributed by atoms with Crippen LogP contribution in [-0.2, 0) is 4.79 Å². The van der Waals surface area contributed by atoms with Crippen LogP contribution in [0.3, 0.4) is 0 Å². The molecule has 0 amide bonds. The quantitative estimate of drug-likeness (QED) is 0.305. The number of carboxylic acid groups (broad SMARTS) is 1. The minimum atomic E-state index is -1.18. The third-order valence-electron chi connectivity index (χ3n) is 1.47. The van der Waals surface area contributed by atoms with E-state index in [0.717, 1.165) is 19.3 Å². The molecule has 0 aliphatic rings. The molecule has 0 aromatic rings. The molecule has 0 heterocycles. The maximum Gasteiger partial charge on any atom is 0.346 e. The Morgan fingerprint density at radius 2 is 2.31 bits per heavy atom. The molecule has 0 aliphatic heterocycles. The number of carboxylic acids is 1. The summed E-state index contributed by atoms with van der Waals surface area (Å²) in [4.78, 5) is 10.3. The molecule has 0 spiro atoms. The first-order valence-electron chi connectivity index (χ1n) is 4.22. The van der Waals surface area contributed by atoms with E-state index in [1.54, 1.807) is 12.1 Å². The highest BCUT2D eigenvalue weighted by Gasteiger charge is 2.01. The minimum Gasteiger partial charge on any atom is -0.477 e. The molecule has 0 aliphatic carbocycles. The summed E-state index contributed by atoms with van der Waals surface area (Å²) in [6, 6.07) is 1.60. The molecule has 0 atom stereocenters. The molecular formula is C10H13NO2. The number of hydrogen-bond acceptors (Lipinski definition) is 2.